The van der Waals surface area contributed by atoms with E-state index < -0.39 is 0 Å². The topological polar surface area (TPSA) is 121 Å². The van der Waals surface area contributed by atoms with Crippen LogP contribution in [0, 0.1) is 34.5 Å². The molecule has 2 amide bonds. The molecule has 30 heavy (non-hydrogen) atoms. The van der Waals surface area contributed by atoms with Crippen molar-refractivity contribution in [2.24, 2.45) is 28.9 Å². The molecule has 5 aliphatic rings. The van der Waals surface area contributed by atoms with Gasteiger partial charge in [0.15, 0.2) is 0 Å². The fourth-order valence-electron chi connectivity index (χ4n) is 6.46. The van der Waals surface area contributed by atoms with E-state index in [2.05, 4.69) is 16.4 Å². The Morgan fingerprint density at radius 2 is 2.03 bits per heavy atom. The van der Waals surface area contributed by atoms with Crippen molar-refractivity contribution in [3.63, 3.8) is 0 Å². The van der Waals surface area contributed by atoms with Gasteiger partial charge in [-0.05, 0) is 68.4 Å². The van der Waals surface area contributed by atoms with Crippen LogP contribution in [-0.2, 0) is 9.53 Å². The molecular weight excluding hydrogens is 382 g/mol. The third-order valence-electron chi connectivity index (χ3n) is 7.64. The van der Waals surface area contributed by atoms with Crippen molar-refractivity contribution in [3.8, 4) is 6.07 Å². The first-order chi connectivity index (χ1) is 14.5. The number of amides is 2. The smallest absolute Gasteiger partial charge is 0.410 e. The molecule has 8 heteroatoms. The maximum absolute atomic E-state index is 12.9. The van der Waals surface area contributed by atoms with Gasteiger partial charge in [-0.1, -0.05) is 0 Å². The van der Waals surface area contributed by atoms with Crippen LogP contribution in [-0.4, -0.2) is 47.1 Å². The lowest BCUT2D eigenvalue weighted by Gasteiger charge is -2.58. The zero-order valence-electron chi connectivity index (χ0n) is 16.9. The molecule has 4 saturated carbocycles. The number of carbonyl (C=O) groups excluding carboxylic acids is 2. The summed E-state index contributed by atoms with van der Waals surface area (Å²) >= 11 is 0. The third-order valence-corrected chi connectivity index (χ3v) is 7.64. The van der Waals surface area contributed by atoms with Gasteiger partial charge in [0.05, 0.1) is 11.0 Å². The predicted octanol–water partition coefficient (Wildman–Crippen LogP) is 2.26. The highest BCUT2D eigenvalue weighted by molar-refractivity contribution is 5.81. The lowest BCUT2D eigenvalue weighted by atomic mass is 9.48. The van der Waals surface area contributed by atoms with Crippen LogP contribution in [0.25, 0.3) is 0 Å². The van der Waals surface area contributed by atoms with Gasteiger partial charge in [-0.3, -0.25) is 4.79 Å². The van der Waals surface area contributed by atoms with E-state index in [1.807, 2.05) is 0 Å². The maximum Gasteiger partial charge on any atom is 0.410 e. The Hall–Kier alpha value is -2.82. The van der Waals surface area contributed by atoms with Crippen LogP contribution in [0.5, 0.6) is 0 Å². The summed E-state index contributed by atoms with van der Waals surface area (Å²) in [5.74, 6) is 1.59. The molecule has 4 aliphatic carbocycles. The van der Waals surface area contributed by atoms with Crippen LogP contribution >= 0.6 is 0 Å². The molecule has 0 spiro atoms. The van der Waals surface area contributed by atoms with E-state index in [4.69, 9.17) is 15.7 Å². The van der Waals surface area contributed by atoms with Gasteiger partial charge in [0.25, 0.3) is 0 Å². The van der Waals surface area contributed by atoms with Gasteiger partial charge in [-0.25, -0.2) is 9.78 Å². The summed E-state index contributed by atoms with van der Waals surface area (Å²) in [5, 5.41) is 12.2. The normalized spacial score (nSPS) is 36.4. The lowest BCUT2D eigenvalue weighted by Crippen LogP contribution is -2.59. The van der Waals surface area contributed by atoms with Crippen LogP contribution in [0.3, 0.4) is 0 Å². The summed E-state index contributed by atoms with van der Waals surface area (Å²) in [6.07, 6.45) is 6.54. The van der Waals surface area contributed by atoms with Crippen molar-refractivity contribution in [1.29, 1.82) is 5.26 Å². The standard InChI is InChI=1S/C22H27N5O3/c23-10-13-1-2-18(25-11-13)26-17-3-4-27(12-17)21(29)30-19-15-5-14-6-16(19)9-22(7-14,8-15)20(24)28/h1-2,11,14-17,19H,3-9,12H2,(H2,24,28)(H,25,26)/t14?,15-,16?,17+,19?,22?/m0/s1. The number of nitrogens with two attached hydrogens (primary N) is 1. The molecule has 4 unspecified atom stereocenters. The largest absolute Gasteiger partial charge is 0.446 e. The molecule has 5 fully saturated rings. The fourth-order valence-corrected chi connectivity index (χ4v) is 6.46. The van der Waals surface area contributed by atoms with E-state index >= 15 is 0 Å². The first-order valence-corrected chi connectivity index (χ1v) is 10.8. The number of rotatable bonds is 4. The van der Waals surface area contributed by atoms with Gasteiger partial charge in [0.1, 0.15) is 18.0 Å². The van der Waals surface area contributed by atoms with Crippen LogP contribution in [0.4, 0.5) is 10.6 Å². The zero-order chi connectivity index (χ0) is 20.9. The van der Waals surface area contributed by atoms with Gasteiger partial charge >= 0.3 is 6.09 Å². The number of primary amides is 1. The summed E-state index contributed by atoms with van der Waals surface area (Å²) in [6, 6.07) is 5.66. The molecule has 3 N–H and O–H groups in total. The number of pyridine rings is 1. The minimum atomic E-state index is -0.365. The summed E-state index contributed by atoms with van der Waals surface area (Å²) in [6.45, 7) is 1.21. The molecule has 0 radical (unpaired) electrons. The van der Waals surface area contributed by atoms with Crippen LogP contribution < -0.4 is 11.1 Å². The molecule has 4 bridgehead atoms. The van der Waals surface area contributed by atoms with Gasteiger partial charge in [0.2, 0.25) is 5.91 Å². The van der Waals surface area contributed by atoms with Gasteiger partial charge < -0.3 is 20.7 Å². The van der Waals surface area contributed by atoms with Crippen molar-refractivity contribution in [2.45, 2.75) is 50.7 Å². The second-order valence-corrected chi connectivity index (χ2v) is 9.58. The quantitative estimate of drug-likeness (QED) is 0.787. The van der Waals surface area contributed by atoms with Gasteiger partial charge in [0, 0.05) is 25.3 Å². The first kappa shape index (κ1) is 19.2. The first-order valence-electron chi connectivity index (χ1n) is 10.8. The summed E-state index contributed by atoms with van der Waals surface area (Å²) in [5.41, 5.74) is 5.90. The molecule has 2 heterocycles. The number of aromatic nitrogens is 1. The molecule has 1 aromatic heterocycles. The van der Waals surface area contributed by atoms with E-state index in [1.54, 1.807) is 17.0 Å². The minimum absolute atomic E-state index is 0.0891. The van der Waals surface area contributed by atoms with E-state index in [0.29, 0.717) is 30.4 Å². The summed E-state index contributed by atoms with van der Waals surface area (Å²) in [7, 11) is 0. The number of nitriles is 1. The van der Waals surface area contributed by atoms with E-state index in [-0.39, 0.29) is 41.4 Å². The minimum Gasteiger partial charge on any atom is -0.446 e. The van der Waals surface area contributed by atoms with E-state index in [1.165, 1.54) is 6.20 Å². The van der Waals surface area contributed by atoms with Crippen molar-refractivity contribution in [2.75, 3.05) is 18.4 Å². The Morgan fingerprint density at radius 3 is 2.67 bits per heavy atom. The van der Waals surface area contributed by atoms with Crippen LogP contribution in [0.1, 0.15) is 44.1 Å². The highest BCUT2D eigenvalue weighted by Crippen LogP contribution is 2.60. The Morgan fingerprint density at radius 1 is 1.27 bits per heavy atom. The number of hydrogen-bond acceptors (Lipinski definition) is 6. The van der Waals surface area contributed by atoms with Gasteiger partial charge in [-0.15, -0.1) is 0 Å². The molecular formula is C22H27N5O3. The summed E-state index contributed by atoms with van der Waals surface area (Å²) < 4.78 is 6.02. The third kappa shape index (κ3) is 3.26. The van der Waals surface area contributed by atoms with Crippen molar-refractivity contribution in [3.05, 3.63) is 23.9 Å². The van der Waals surface area contributed by atoms with E-state index in [0.717, 1.165) is 38.5 Å². The molecule has 8 nitrogen and oxygen atoms in total. The SMILES string of the molecule is N#Cc1ccc(N[C@@H]2CCN(C(=O)OC3C4CC5C[C@H]3CC(C(N)=O)(C5)C4)C2)nc1. The molecule has 6 atom stereocenters. The Kier molecular flexibility index (Phi) is 4.57. The molecule has 0 aromatic carbocycles. The molecule has 1 aliphatic heterocycles. The highest BCUT2D eigenvalue weighted by atomic mass is 16.6. The average Bonchev–Trinajstić information content (AvgIpc) is 3.19. The van der Waals surface area contributed by atoms with Crippen molar-refractivity contribution >= 4 is 17.8 Å². The predicted molar refractivity (Wildman–Crippen MR) is 108 cm³/mol. The van der Waals surface area contributed by atoms with Crippen molar-refractivity contribution < 1.29 is 14.3 Å². The van der Waals surface area contributed by atoms with Gasteiger partial charge in [-0.2, -0.15) is 5.26 Å². The number of hydrogen-bond donors (Lipinski definition) is 2. The number of nitrogens with one attached hydrogen (secondary N) is 1. The molecule has 1 saturated heterocycles. The zero-order valence-corrected chi connectivity index (χ0v) is 16.9. The number of likely N-dealkylation sites (tertiary alicyclic amines) is 1. The number of nitrogens with zero attached hydrogens (tertiary/aromatic N) is 3. The second-order valence-electron chi connectivity index (χ2n) is 9.58. The summed E-state index contributed by atoms with van der Waals surface area (Å²) in [4.78, 5) is 31.0. The highest BCUT2D eigenvalue weighted by Gasteiger charge is 2.59. The second kappa shape index (κ2) is 7.15. The van der Waals surface area contributed by atoms with E-state index in [9.17, 15) is 9.59 Å². The monoisotopic (exact) mass is 409 g/mol. The number of carbonyl (C=O) groups is 2. The van der Waals surface area contributed by atoms with Crippen LogP contribution in [0.2, 0.25) is 0 Å². The molecule has 158 valence electrons. The Bertz CT molecular complexity index is 879. The van der Waals surface area contributed by atoms with Crippen LogP contribution in [0.15, 0.2) is 18.3 Å². The average molecular weight is 409 g/mol. The number of ether oxygens (including phenoxy) is 1. The van der Waals surface area contributed by atoms with Crippen molar-refractivity contribution in [1.82, 2.24) is 9.88 Å². The molecule has 6 rings (SSSR count). The maximum atomic E-state index is 12.9. The fraction of sp³-hybridized carbons (Fsp3) is 0.636. The Balaban J connectivity index is 1.18. The Labute approximate surface area is 175 Å². The lowest BCUT2D eigenvalue weighted by molar-refractivity contribution is -0.161. The molecule has 1 aromatic rings. The number of anilines is 1.